The molecule has 1 N–H and O–H groups in total. The van der Waals surface area contributed by atoms with E-state index in [-0.39, 0.29) is 11.5 Å². The first-order valence-corrected chi connectivity index (χ1v) is 7.56. The molecule has 0 atom stereocenters. The maximum atomic E-state index is 11.6. The van der Waals surface area contributed by atoms with Crippen LogP contribution in [0.15, 0.2) is 40.4 Å². The van der Waals surface area contributed by atoms with Crippen molar-refractivity contribution < 1.29 is 4.79 Å². The molecule has 5 heteroatoms. The summed E-state index contributed by atoms with van der Waals surface area (Å²) in [5.74, 6) is -0.379. The minimum absolute atomic E-state index is 0.0959. The molecule has 1 heterocycles. The van der Waals surface area contributed by atoms with E-state index in [1.165, 1.54) is 7.05 Å². The summed E-state index contributed by atoms with van der Waals surface area (Å²) in [5, 5.41) is 11.6. The number of aromatic nitrogens is 1. The Morgan fingerprint density at radius 1 is 1.32 bits per heavy atom. The van der Waals surface area contributed by atoms with Crippen LogP contribution in [0.1, 0.15) is 17.0 Å². The summed E-state index contributed by atoms with van der Waals surface area (Å²) >= 11 is 3.43. The average Bonchev–Trinajstić information content (AvgIpc) is 2.79. The fraction of sp³-hybridized carbons (Fsp3) is 0.176. The molecule has 0 spiro atoms. The zero-order chi connectivity index (χ0) is 16.3. The predicted octanol–water partition coefficient (Wildman–Crippen LogP) is 3.51. The van der Waals surface area contributed by atoms with Crippen molar-refractivity contribution in [3.05, 3.63) is 57.3 Å². The molecule has 0 bridgehead atoms. The number of nitrogens with one attached hydrogen (secondary N) is 1. The van der Waals surface area contributed by atoms with E-state index in [0.29, 0.717) is 0 Å². The van der Waals surface area contributed by atoms with Crippen LogP contribution in [0, 0.1) is 25.2 Å². The number of hydrogen-bond acceptors (Lipinski definition) is 2. The molecule has 1 aromatic heterocycles. The maximum Gasteiger partial charge on any atom is 0.261 e. The van der Waals surface area contributed by atoms with Crippen molar-refractivity contribution in [2.75, 3.05) is 7.05 Å². The van der Waals surface area contributed by atoms with Crippen LogP contribution in [0.5, 0.6) is 0 Å². The Morgan fingerprint density at radius 2 is 1.95 bits per heavy atom. The lowest BCUT2D eigenvalue weighted by atomic mass is 10.1. The Labute approximate surface area is 138 Å². The number of halogens is 1. The second kappa shape index (κ2) is 6.63. The summed E-state index contributed by atoms with van der Waals surface area (Å²) in [7, 11) is 1.51. The minimum Gasteiger partial charge on any atom is -0.354 e. The Balaban J connectivity index is 2.52. The number of amides is 1. The highest BCUT2D eigenvalue weighted by molar-refractivity contribution is 9.10. The molecule has 0 saturated carbocycles. The van der Waals surface area contributed by atoms with Crippen molar-refractivity contribution in [1.82, 2.24) is 9.88 Å². The van der Waals surface area contributed by atoms with Gasteiger partial charge in [0, 0.05) is 28.6 Å². The quantitative estimate of drug-likeness (QED) is 0.674. The van der Waals surface area contributed by atoms with Gasteiger partial charge in [-0.05, 0) is 55.8 Å². The lowest BCUT2D eigenvalue weighted by molar-refractivity contribution is -0.116. The smallest absolute Gasteiger partial charge is 0.261 e. The lowest BCUT2D eigenvalue weighted by Crippen LogP contribution is -2.19. The first kappa shape index (κ1) is 16.1. The molecule has 0 unspecified atom stereocenters. The largest absolute Gasteiger partial charge is 0.354 e. The zero-order valence-corrected chi connectivity index (χ0v) is 14.2. The monoisotopic (exact) mass is 357 g/mol. The first-order valence-electron chi connectivity index (χ1n) is 6.76. The Kier molecular flexibility index (Phi) is 4.84. The summed E-state index contributed by atoms with van der Waals surface area (Å²) in [6.45, 7) is 3.97. The van der Waals surface area contributed by atoms with Gasteiger partial charge < -0.3 is 9.88 Å². The van der Waals surface area contributed by atoms with E-state index >= 15 is 0 Å². The highest BCUT2D eigenvalue weighted by Crippen LogP contribution is 2.24. The molecule has 0 aliphatic carbocycles. The van der Waals surface area contributed by atoms with Gasteiger partial charge in [-0.1, -0.05) is 15.9 Å². The van der Waals surface area contributed by atoms with Gasteiger partial charge >= 0.3 is 0 Å². The third kappa shape index (κ3) is 3.12. The SMILES string of the molecule is CNC(=O)C(C#N)=Cc1cc(C)n(-c2ccc(Br)cc2)c1C. The fourth-order valence-corrected chi connectivity index (χ4v) is 2.62. The van der Waals surface area contributed by atoms with Crippen molar-refractivity contribution in [2.24, 2.45) is 0 Å². The van der Waals surface area contributed by atoms with Gasteiger partial charge in [-0.25, -0.2) is 0 Å². The van der Waals surface area contributed by atoms with Gasteiger partial charge in [0.2, 0.25) is 0 Å². The van der Waals surface area contributed by atoms with Crippen molar-refractivity contribution in [1.29, 1.82) is 5.26 Å². The summed E-state index contributed by atoms with van der Waals surface area (Å²) < 4.78 is 3.11. The van der Waals surface area contributed by atoms with Crippen LogP contribution < -0.4 is 5.32 Å². The molecule has 0 aliphatic rings. The summed E-state index contributed by atoms with van der Waals surface area (Å²) in [4.78, 5) is 11.6. The molecule has 0 aliphatic heterocycles. The molecular formula is C17H16BrN3O. The Hall–Kier alpha value is -2.32. The number of nitriles is 1. The van der Waals surface area contributed by atoms with E-state index in [0.717, 1.165) is 27.1 Å². The standard InChI is InChI=1S/C17H16BrN3O/c1-11-8-13(9-14(10-19)17(22)20-3)12(2)21(11)16-6-4-15(18)5-7-16/h4-9H,1-3H3,(H,20,22). The van der Waals surface area contributed by atoms with Crippen LogP contribution >= 0.6 is 15.9 Å². The van der Waals surface area contributed by atoms with Gasteiger partial charge in [0.1, 0.15) is 11.6 Å². The number of aryl methyl sites for hydroxylation is 1. The highest BCUT2D eigenvalue weighted by Gasteiger charge is 2.12. The second-order valence-corrected chi connectivity index (χ2v) is 5.80. The van der Waals surface area contributed by atoms with E-state index in [1.807, 2.05) is 50.2 Å². The number of rotatable bonds is 3. The molecule has 4 nitrogen and oxygen atoms in total. The molecular weight excluding hydrogens is 342 g/mol. The topological polar surface area (TPSA) is 57.8 Å². The maximum absolute atomic E-state index is 11.6. The number of carbonyl (C=O) groups is 1. The predicted molar refractivity (Wildman–Crippen MR) is 90.6 cm³/mol. The molecule has 1 aromatic carbocycles. The molecule has 0 fully saturated rings. The molecule has 0 radical (unpaired) electrons. The second-order valence-electron chi connectivity index (χ2n) is 4.89. The Morgan fingerprint density at radius 3 is 2.50 bits per heavy atom. The van der Waals surface area contributed by atoms with Crippen LogP contribution in [0.2, 0.25) is 0 Å². The fourth-order valence-electron chi connectivity index (χ4n) is 2.36. The van der Waals surface area contributed by atoms with Gasteiger partial charge in [0.05, 0.1) is 0 Å². The highest BCUT2D eigenvalue weighted by atomic mass is 79.9. The summed E-state index contributed by atoms with van der Waals surface area (Å²) in [6, 6.07) is 11.9. The summed E-state index contributed by atoms with van der Waals surface area (Å²) in [6.07, 6.45) is 1.62. The van der Waals surface area contributed by atoms with Crippen LogP contribution in [-0.2, 0) is 4.79 Å². The number of nitrogens with zero attached hydrogens (tertiary/aromatic N) is 2. The summed E-state index contributed by atoms with van der Waals surface area (Å²) in [5.41, 5.74) is 4.02. The van der Waals surface area contributed by atoms with E-state index in [9.17, 15) is 4.79 Å². The lowest BCUT2D eigenvalue weighted by Gasteiger charge is -2.09. The average molecular weight is 358 g/mol. The van der Waals surface area contributed by atoms with Crippen molar-refractivity contribution in [3.8, 4) is 11.8 Å². The number of benzene rings is 1. The van der Waals surface area contributed by atoms with Crippen molar-refractivity contribution in [2.45, 2.75) is 13.8 Å². The van der Waals surface area contributed by atoms with Crippen LogP contribution in [0.25, 0.3) is 11.8 Å². The van der Waals surface area contributed by atoms with Crippen LogP contribution in [0.4, 0.5) is 0 Å². The van der Waals surface area contributed by atoms with Crippen LogP contribution in [-0.4, -0.2) is 17.5 Å². The van der Waals surface area contributed by atoms with Crippen molar-refractivity contribution in [3.63, 3.8) is 0 Å². The van der Waals surface area contributed by atoms with Crippen LogP contribution in [0.3, 0.4) is 0 Å². The Bertz CT molecular complexity index is 779. The minimum atomic E-state index is -0.379. The van der Waals surface area contributed by atoms with Gasteiger partial charge in [-0.2, -0.15) is 5.26 Å². The molecule has 2 rings (SSSR count). The zero-order valence-electron chi connectivity index (χ0n) is 12.6. The van der Waals surface area contributed by atoms with Gasteiger partial charge in [-0.3, -0.25) is 4.79 Å². The molecule has 112 valence electrons. The van der Waals surface area contributed by atoms with Crippen molar-refractivity contribution >= 4 is 27.9 Å². The van der Waals surface area contributed by atoms with Gasteiger partial charge in [0.25, 0.3) is 5.91 Å². The third-order valence-corrected chi connectivity index (χ3v) is 3.98. The van der Waals surface area contributed by atoms with Gasteiger partial charge in [0.15, 0.2) is 0 Å². The molecule has 0 saturated heterocycles. The molecule has 1 amide bonds. The molecule has 22 heavy (non-hydrogen) atoms. The first-order chi connectivity index (χ1) is 10.5. The molecule has 2 aromatic rings. The number of carbonyl (C=O) groups excluding carboxylic acids is 1. The number of hydrogen-bond donors (Lipinski definition) is 1. The van der Waals surface area contributed by atoms with E-state index in [4.69, 9.17) is 5.26 Å². The third-order valence-electron chi connectivity index (χ3n) is 3.45. The van der Waals surface area contributed by atoms with E-state index < -0.39 is 0 Å². The van der Waals surface area contributed by atoms with E-state index in [1.54, 1.807) is 6.08 Å². The number of likely N-dealkylation sites (N-methyl/N-ethyl adjacent to an activating group) is 1. The normalized spacial score (nSPS) is 11.1. The van der Waals surface area contributed by atoms with E-state index in [2.05, 4.69) is 25.8 Å². The van der Waals surface area contributed by atoms with Gasteiger partial charge in [-0.15, -0.1) is 0 Å².